The molecule has 0 aromatic carbocycles. The van der Waals surface area contributed by atoms with Crippen molar-refractivity contribution in [2.24, 2.45) is 5.41 Å². The summed E-state index contributed by atoms with van der Waals surface area (Å²) in [6.07, 6.45) is 2.41. The Morgan fingerprint density at radius 3 is 2.76 bits per heavy atom. The Labute approximate surface area is 100 Å². The zero-order chi connectivity index (χ0) is 12.5. The highest BCUT2D eigenvalue weighted by atomic mass is 16.5. The Kier molecular flexibility index (Phi) is 2.83. The molecule has 0 radical (unpaired) electrons. The van der Waals surface area contributed by atoms with Gasteiger partial charge in [-0.05, 0) is 17.5 Å². The van der Waals surface area contributed by atoms with E-state index in [0.29, 0.717) is 23.1 Å². The molecule has 0 fully saturated rings. The van der Waals surface area contributed by atoms with Gasteiger partial charge >= 0.3 is 0 Å². The molecule has 0 aliphatic rings. The fraction of sp³-hybridized carbons (Fsp3) is 0.417. The maximum absolute atomic E-state index is 5.80. The highest BCUT2D eigenvalue weighted by molar-refractivity contribution is 5.65. The summed E-state index contributed by atoms with van der Waals surface area (Å²) in [5, 5.41) is 3.94. The maximum Gasteiger partial charge on any atom is 0.278 e. The van der Waals surface area contributed by atoms with Crippen molar-refractivity contribution in [3.8, 4) is 11.6 Å². The van der Waals surface area contributed by atoms with Crippen LogP contribution in [0, 0.1) is 5.41 Å². The zero-order valence-corrected chi connectivity index (χ0v) is 10.3. The summed E-state index contributed by atoms with van der Waals surface area (Å²) in [6.45, 7) is 6.37. The largest absolute Gasteiger partial charge is 0.397 e. The third-order valence-electron chi connectivity index (χ3n) is 2.20. The van der Waals surface area contributed by atoms with Gasteiger partial charge in [-0.25, -0.2) is 4.98 Å². The highest BCUT2D eigenvalue weighted by Gasteiger charge is 2.18. The summed E-state index contributed by atoms with van der Waals surface area (Å²) < 4.78 is 5.17. The van der Waals surface area contributed by atoms with Gasteiger partial charge in [0.2, 0.25) is 0 Å². The molecular weight excluding hydrogens is 216 g/mol. The van der Waals surface area contributed by atoms with Crippen LogP contribution in [0.25, 0.3) is 11.6 Å². The fourth-order valence-corrected chi connectivity index (χ4v) is 1.49. The second-order valence-corrected chi connectivity index (χ2v) is 5.19. The monoisotopic (exact) mass is 232 g/mol. The van der Waals surface area contributed by atoms with E-state index in [9.17, 15) is 0 Å². The van der Waals surface area contributed by atoms with Crippen LogP contribution in [-0.4, -0.2) is 15.1 Å². The van der Waals surface area contributed by atoms with Crippen LogP contribution in [0.2, 0.25) is 0 Å². The molecule has 5 nitrogen and oxygen atoms in total. The van der Waals surface area contributed by atoms with Crippen LogP contribution in [0.3, 0.4) is 0 Å². The van der Waals surface area contributed by atoms with Crippen LogP contribution in [0.1, 0.15) is 26.6 Å². The van der Waals surface area contributed by atoms with Crippen molar-refractivity contribution in [2.45, 2.75) is 27.2 Å². The fourth-order valence-electron chi connectivity index (χ4n) is 1.49. The van der Waals surface area contributed by atoms with E-state index < -0.39 is 0 Å². The van der Waals surface area contributed by atoms with E-state index in [1.165, 1.54) is 0 Å². The number of rotatable bonds is 2. The van der Waals surface area contributed by atoms with Gasteiger partial charge in [0.1, 0.15) is 0 Å². The van der Waals surface area contributed by atoms with Crippen LogP contribution in [-0.2, 0) is 6.42 Å². The smallest absolute Gasteiger partial charge is 0.278 e. The van der Waals surface area contributed by atoms with Crippen LogP contribution in [0.4, 0.5) is 5.69 Å². The van der Waals surface area contributed by atoms with Gasteiger partial charge in [-0.3, -0.25) is 0 Å². The highest BCUT2D eigenvalue weighted by Crippen LogP contribution is 2.23. The lowest BCUT2D eigenvalue weighted by Gasteiger charge is -2.14. The first-order valence-corrected chi connectivity index (χ1v) is 5.49. The lowest BCUT2D eigenvalue weighted by molar-refractivity contribution is 0.374. The van der Waals surface area contributed by atoms with E-state index in [1.807, 2.05) is 0 Å². The molecule has 17 heavy (non-hydrogen) atoms. The van der Waals surface area contributed by atoms with E-state index in [1.54, 1.807) is 18.3 Å². The molecule has 2 N–H and O–H groups in total. The molecule has 0 saturated heterocycles. The molecule has 0 aliphatic heterocycles. The Bertz CT molecular complexity index is 513. The molecule has 0 bridgehead atoms. The van der Waals surface area contributed by atoms with Crippen molar-refractivity contribution >= 4 is 5.69 Å². The predicted molar refractivity (Wildman–Crippen MR) is 65.1 cm³/mol. The third-order valence-corrected chi connectivity index (χ3v) is 2.20. The molecule has 2 heterocycles. The van der Waals surface area contributed by atoms with Crippen LogP contribution in [0.15, 0.2) is 22.9 Å². The first kappa shape index (κ1) is 11.6. The van der Waals surface area contributed by atoms with E-state index in [-0.39, 0.29) is 5.41 Å². The van der Waals surface area contributed by atoms with Gasteiger partial charge in [0.25, 0.3) is 5.89 Å². The summed E-state index contributed by atoms with van der Waals surface area (Å²) in [4.78, 5) is 8.44. The van der Waals surface area contributed by atoms with Crippen LogP contribution < -0.4 is 5.73 Å². The minimum Gasteiger partial charge on any atom is -0.397 e. The third kappa shape index (κ3) is 2.81. The Balaban J connectivity index is 2.28. The summed E-state index contributed by atoms with van der Waals surface area (Å²) in [7, 11) is 0. The van der Waals surface area contributed by atoms with E-state index in [0.717, 1.165) is 6.42 Å². The van der Waals surface area contributed by atoms with Gasteiger partial charge in [-0.15, -0.1) is 0 Å². The van der Waals surface area contributed by atoms with E-state index in [2.05, 4.69) is 35.9 Å². The van der Waals surface area contributed by atoms with Gasteiger partial charge in [-0.1, -0.05) is 25.9 Å². The van der Waals surface area contributed by atoms with Crippen molar-refractivity contribution in [3.05, 3.63) is 24.2 Å². The Hall–Kier alpha value is -1.91. The van der Waals surface area contributed by atoms with Crippen molar-refractivity contribution in [1.29, 1.82) is 0 Å². The lowest BCUT2D eigenvalue weighted by atomic mass is 9.92. The second-order valence-electron chi connectivity index (χ2n) is 5.19. The summed E-state index contributed by atoms with van der Waals surface area (Å²) in [6, 6.07) is 3.53. The molecule has 0 saturated carbocycles. The lowest BCUT2D eigenvalue weighted by Crippen LogP contribution is -2.10. The minimum absolute atomic E-state index is 0.122. The molecule has 90 valence electrons. The first-order chi connectivity index (χ1) is 7.96. The molecule has 5 heteroatoms. The zero-order valence-electron chi connectivity index (χ0n) is 10.3. The van der Waals surface area contributed by atoms with E-state index >= 15 is 0 Å². The number of nitrogens with two attached hydrogens (primary N) is 1. The van der Waals surface area contributed by atoms with Crippen molar-refractivity contribution in [1.82, 2.24) is 15.1 Å². The van der Waals surface area contributed by atoms with Crippen molar-refractivity contribution in [2.75, 3.05) is 5.73 Å². The number of pyridine rings is 1. The summed E-state index contributed by atoms with van der Waals surface area (Å²) >= 11 is 0. The molecule has 0 aliphatic carbocycles. The standard InChI is InChI=1S/C12H16N4O/c1-12(2,3)7-9-15-11(17-16-9)10-8(13)5-4-6-14-10/h4-6H,7,13H2,1-3H3. The van der Waals surface area contributed by atoms with Crippen molar-refractivity contribution < 1.29 is 4.52 Å². The SMILES string of the molecule is CC(C)(C)Cc1noc(-c2ncccc2N)n1. The molecule has 0 atom stereocenters. The van der Waals surface area contributed by atoms with Crippen LogP contribution >= 0.6 is 0 Å². The number of hydrogen-bond acceptors (Lipinski definition) is 5. The average molecular weight is 232 g/mol. The number of nitrogen functional groups attached to an aromatic ring is 1. The van der Waals surface area contributed by atoms with Gasteiger partial charge in [0, 0.05) is 12.6 Å². The number of anilines is 1. The van der Waals surface area contributed by atoms with Gasteiger partial charge in [0.05, 0.1) is 5.69 Å². The van der Waals surface area contributed by atoms with Gasteiger partial charge in [0.15, 0.2) is 11.5 Å². The molecule has 0 spiro atoms. The van der Waals surface area contributed by atoms with Crippen LogP contribution in [0.5, 0.6) is 0 Å². The topological polar surface area (TPSA) is 77.8 Å². The summed E-state index contributed by atoms with van der Waals surface area (Å²) in [5.74, 6) is 1.06. The number of aromatic nitrogens is 3. The van der Waals surface area contributed by atoms with Gasteiger partial charge in [-0.2, -0.15) is 4.98 Å². The normalized spacial score (nSPS) is 11.7. The Morgan fingerprint density at radius 1 is 1.35 bits per heavy atom. The minimum atomic E-state index is 0.122. The van der Waals surface area contributed by atoms with E-state index in [4.69, 9.17) is 10.3 Å². The Morgan fingerprint density at radius 2 is 2.12 bits per heavy atom. The maximum atomic E-state index is 5.80. The molecule has 2 rings (SSSR count). The number of hydrogen-bond donors (Lipinski definition) is 1. The second kappa shape index (κ2) is 4.16. The van der Waals surface area contributed by atoms with Crippen molar-refractivity contribution in [3.63, 3.8) is 0 Å². The predicted octanol–water partition coefficient (Wildman–Crippen LogP) is 2.30. The molecule has 2 aromatic heterocycles. The average Bonchev–Trinajstić information content (AvgIpc) is 2.64. The molecule has 0 amide bonds. The molecule has 2 aromatic rings. The first-order valence-electron chi connectivity index (χ1n) is 5.49. The number of nitrogens with zero attached hydrogens (tertiary/aromatic N) is 3. The summed E-state index contributed by atoms with van der Waals surface area (Å²) in [5.41, 5.74) is 7.00. The molecule has 0 unspecified atom stereocenters. The van der Waals surface area contributed by atoms with Gasteiger partial charge < -0.3 is 10.3 Å². The molecular formula is C12H16N4O. The quantitative estimate of drug-likeness (QED) is 0.859.